The fraction of sp³-hybridized carbons (Fsp3) is 0.667. The summed E-state index contributed by atoms with van der Waals surface area (Å²) in [5.74, 6) is 0.915. The van der Waals surface area contributed by atoms with Crippen molar-refractivity contribution in [1.82, 2.24) is 9.80 Å². The molecule has 0 radical (unpaired) electrons. The zero-order valence-electron chi connectivity index (χ0n) is 17.4. The molecule has 30 heavy (non-hydrogen) atoms. The number of piperazine rings is 1. The lowest BCUT2D eigenvalue weighted by atomic mass is 10.0. The second-order valence-corrected chi connectivity index (χ2v) is 7.78. The van der Waals surface area contributed by atoms with E-state index in [1.54, 1.807) is 7.11 Å². The van der Waals surface area contributed by atoms with Crippen LogP contribution in [0.1, 0.15) is 18.4 Å². The Morgan fingerprint density at radius 1 is 1.10 bits per heavy atom. The van der Waals surface area contributed by atoms with E-state index in [9.17, 15) is 18.0 Å². The van der Waals surface area contributed by atoms with E-state index < -0.39 is 12.8 Å². The molecule has 2 aliphatic heterocycles. The molecule has 1 saturated heterocycles. The number of nitrogens with zero attached hydrogens (tertiary/aromatic N) is 3. The molecule has 0 unspecified atom stereocenters. The fourth-order valence-electron chi connectivity index (χ4n) is 3.99. The van der Waals surface area contributed by atoms with Crippen LogP contribution >= 0.6 is 0 Å². The lowest BCUT2D eigenvalue weighted by Crippen LogP contribution is -2.50. The molecule has 0 atom stereocenters. The number of hydrogen-bond acceptors (Lipinski definition) is 5. The van der Waals surface area contributed by atoms with Crippen LogP contribution in [0.25, 0.3) is 0 Å². The van der Waals surface area contributed by atoms with Crippen molar-refractivity contribution in [3.05, 3.63) is 23.8 Å². The first-order chi connectivity index (χ1) is 14.4. The molecule has 0 aromatic heterocycles. The van der Waals surface area contributed by atoms with E-state index in [0.717, 1.165) is 62.6 Å². The van der Waals surface area contributed by atoms with Gasteiger partial charge in [0.25, 0.3) is 0 Å². The highest BCUT2D eigenvalue weighted by Crippen LogP contribution is 2.30. The van der Waals surface area contributed by atoms with Gasteiger partial charge in [-0.25, -0.2) is 0 Å². The van der Waals surface area contributed by atoms with Gasteiger partial charge in [0.05, 0.1) is 13.7 Å². The molecule has 0 aliphatic carbocycles. The minimum atomic E-state index is -4.26. The van der Waals surface area contributed by atoms with E-state index in [1.165, 1.54) is 0 Å². The van der Waals surface area contributed by atoms with E-state index in [0.29, 0.717) is 19.5 Å². The van der Waals surface area contributed by atoms with E-state index in [4.69, 9.17) is 4.74 Å². The van der Waals surface area contributed by atoms with Gasteiger partial charge in [-0.15, -0.1) is 0 Å². The van der Waals surface area contributed by atoms with E-state index in [-0.39, 0.29) is 12.5 Å². The van der Waals surface area contributed by atoms with Crippen molar-refractivity contribution in [3.8, 4) is 5.75 Å². The molecule has 0 spiro atoms. The first kappa shape index (κ1) is 22.8. The summed E-state index contributed by atoms with van der Waals surface area (Å²) in [7, 11) is 1.64. The van der Waals surface area contributed by atoms with Crippen LogP contribution < -0.4 is 9.64 Å². The summed E-state index contributed by atoms with van der Waals surface area (Å²) in [6, 6.07) is 5.86. The smallest absolute Gasteiger partial charge is 0.411 e. The van der Waals surface area contributed by atoms with Crippen molar-refractivity contribution in [2.75, 3.05) is 71.0 Å². The maximum Gasteiger partial charge on any atom is 0.411 e. The average Bonchev–Trinajstić information content (AvgIpc) is 2.73. The van der Waals surface area contributed by atoms with E-state index in [1.807, 2.05) is 23.1 Å². The maximum absolute atomic E-state index is 12.9. The Balaban J connectivity index is 1.40. The summed E-state index contributed by atoms with van der Waals surface area (Å²) in [6.07, 6.45) is -1.81. The molecule has 2 heterocycles. The van der Waals surface area contributed by atoms with Crippen LogP contribution in [-0.2, 0) is 16.0 Å². The number of rotatable bonds is 8. The zero-order valence-corrected chi connectivity index (χ0v) is 17.4. The molecule has 6 nitrogen and oxygen atoms in total. The molecule has 9 heteroatoms. The van der Waals surface area contributed by atoms with Crippen molar-refractivity contribution in [3.63, 3.8) is 0 Å². The minimum absolute atomic E-state index is 0.107. The Hall–Kier alpha value is -1.84. The standard InChI is InChI=1S/C21H30F3N3O3/c1-29-18-5-6-19-17(14-18)4-2-8-27(19)20(28)15-26-11-9-25(10-12-26)7-3-13-30-16-21(22,23)24/h5-6,14H,2-4,7-13,15-16H2,1H3. The number of aryl methyl sites for hydroxylation is 1. The third-order valence-corrected chi connectivity index (χ3v) is 5.56. The number of halogens is 3. The highest BCUT2D eigenvalue weighted by molar-refractivity contribution is 5.96. The minimum Gasteiger partial charge on any atom is -0.497 e. The number of alkyl halides is 3. The van der Waals surface area contributed by atoms with Crippen LogP contribution in [0.5, 0.6) is 5.75 Å². The fourth-order valence-corrected chi connectivity index (χ4v) is 3.99. The molecule has 0 saturated carbocycles. The molecule has 3 rings (SSSR count). The summed E-state index contributed by atoms with van der Waals surface area (Å²) < 4.78 is 46.1. The topological polar surface area (TPSA) is 45.2 Å². The van der Waals surface area contributed by atoms with E-state index >= 15 is 0 Å². The quantitative estimate of drug-likeness (QED) is 0.595. The molecule has 1 fully saturated rings. The van der Waals surface area contributed by atoms with Gasteiger partial charge in [-0.3, -0.25) is 9.69 Å². The molecule has 1 aromatic carbocycles. The predicted molar refractivity (Wildman–Crippen MR) is 108 cm³/mol. The Labute approximate surface area is 175 Å². The van der Waals surface area contributed by atoms with Gasteiger partial charge < -0.3 is 19.3 Å². The number of methoxy groups -OCH3 is 1. The number of benzene rings is 1. The molecular formula is C21H30F3N3O3. The molecule has 0 bridgehead atoms. The van der Waals surface area contributed by atoms with Gasteiger partial charge in [0.15, 0.2) is 0 Å². The third kappa shape index (κ3) is 6.58. The molecule has 1 amide bonds. The molecule has 1 aromatic rings. The third-order valence-electron chi connectivity index (χ3n) is 5.56. The lowest BCUT2D eigenvalue weighted by Gasteiger charge is -2.36. The monoisotopic (exact) mass is 429 g/mol. The molecule has 2 aliphatic rings. The van der Waals surface area contributed by atoms with Gasteiger partial charge in [0, 0.05) is 51.6 Å². The highest BCUT2D eigenvalue weighted by atomic mass is 19.4. The van der Waals surface area contributed by atoms with Crippen molar-refractivity contribution in [1.29, 1.82) is 0 Å². The van der Waals surface area contributed by atoms with Crippen molar-refractivity contribution in [2.24, 2.45) is 0 Å². The summed E-state index contributed by atoms with van der Waals surface area (Å²) in [5.41, 5.74) is 2.12. The van der Waals surface area contributed by atoms with Crippen LogP contribution in [0.4, 0.5) is 18.9 Å². The van der Waals surface area contributed by atoms with Gasteiger partial charge in [-0.2, -0.15) is 13.2 Å². The largest absolute Gasteiger partial charge is 0.497 e. The maximum atomic E-state index is 12.9. The normalized spacial score (nSPS) is 18.3. The SMILES string of the molecule is COc1ccc2c(c1)CCCN2C(=O)CN1CCN(CCCOCC(F)(F)F)CC1. The van der Waals surface area contributed by atoms with Crippen molar-refractivity contribution in [2.45, 2.75) is 25.4 Å². The number of carbonyl (C=O) groups is 1. The lowest BCUT2D eigenvalue weighted by molar-refractivity contribution is -0.174. The summed E-state index contributed by atoms with van der Waals surface area (Å²) in [5, 5.41) is 0. The first-order valence-electron chi connectivity index (χ1n) is 10.4. The van der Waals surface area contributed by atoms with Crippen LogP contribution in [0, 0.1) is 0 Å². The number of carbonyl (C=O) groups excluding carboxylic acids is 1. The highest BCUT2D eigenvalue weighted by Gasteiger charge is 2.28. The van der Waals surface area contributed by atoms with Crippen LogP contribution in [-0.4, -0.2) is 88.0 Å². The van der Waals surface area contributed by atoms with Gasteiger partial charge in [0.2, 0.25) is 5.91 Å². The summed E-state index contributed by atoms with van der Waals surface area (Å²) in [4.78, 5) is 19.2. The Morgan fingerprint density at radius 3 is 2.53 bits per heavy atom. The number of amides is 1. The van der Waals surface area contributed by atoms with Gasteiger partial charge >= 0.3 is 6.18 Å². The zero-order chi connectivity index (χ0) is 21.6. The number of hydrogen-bond donors (Lipinski definition) is 0. The van der Waals surface area contributed by atoms with Crippen LogP contribution in [0.3, 0.4) is 0 Å². The molecular weight excluding hydrogens is 399 g/mol. The Kier molecular flexibility index (Phi) is 7.96. The summed E-state index contributed by atoms with van der Waals surface area (Å²) in [6.45, 7) is 3.91. The molecule has 168 valence electrons. The Bertz CT molecular complexity index is 706. The van der Waals surface area contributed by atoms with Gasteiger partial charge in [-0.1, -0.05) is 0 Å². The number of ether oxygens (including phenoxy) is 2. The van der Waals surface area contributed by atoms with E-state index in [2.05, 4.69) is 14.5 Å². The van der Waals surface area contributed by atoms with Crippen molar-refractivity contribution < 1.29 is 27.4 Å². The predicted octanol–water partition coefficient (Wildman–Crippen LogP) is 2.56. The number of anilines is 1. The second kappa shape index (κ2) is 10.5. The van der Waals surface area contributed by atoms with Crippen molar-refractivity contribution >= 4 is 11.6 Å². The van der Waals surface area contributed by atoms with Crippen LogP contribution in [0.2, 0.25) is 0 Å². The summed E-state index contributed by atoms with van der Waals surface area (Å²) >= 11 is 0. The van der Waals surface area contributed by atoms with Gasteiger partial charge in [0.1, 0.15) is 12.4 Å². The second-order valence-electron chi connectivity index (χ2n) is 7.78. The van der Waals surface area contributed by atoms with Gasteiger partial charge in [-0.05, 0) is 43.0 Å². The average molecular weight is 429 g/mol. The Morgan fingerprint density at radius 2 is 1.83 bits per heavy atom. The van der Waals surface area contributed by atoms with Crippen LogP contribution in [0.15, 0.2) is 18.2 Å². The first-order valence-corrected chi connectivity index (χ1v) is 10.4. The number of fused-ring (bicyclic) bond motifs is 1. The molecule has 0 N–H and O–H groups in total.